The van der Waals surface area contributed by atoms with E-state index in [4.69, 9.17) is 10.2 Å². The van der Waals surface area contributed by atoms with E-state index in [-0.39, 0.29) is 0 Å². The lowest BCUT2D eigenvalue weighted by atomic mass is 9.89. The maximum atomic E-state index is 5.72. The fourth-order valence-electron chi connectivity index (χ4n) is 2.64. The summed E-state index contributed by atoms with van der Waals surface area (Å²) in [5.74, 6) is 0.763. The van der Waals surface area contributed by atoms with Crippen LogP contribution in [0, 0.1) is 5.92 Å². The minimum atomic E-state index is 0.612. The van der Waals surface area contributed by atoms with Crippen molar-refractivity contribution in [3.8, 4) is 0 Å². The molecule has 1 aromatic carbocycles. The number of fused-ring (bicyclic) bond motifs is 1. The summed E-state index contributed by atoms with van der Waals surface area (Å²) in [5, 5.41) is 3.30. The van der Waals surface area contributed by atoms with E-state index in [1.807, 2.05) is 18.2 Å². The van der Waals surface area contributed by atoms with Crippen molar-refractivity contribution < 1.29 is 4.42 Å². The van der Waals surface area contributed by atoms with Crippen molar-refractivity contribution in [2.75, 3.05) is 17.6 Å². The van der Waals surface area contributed by atoms with Crippen LogP contribution in [0.15, 0.2) is 22.6 Å². The first-order valence-electron chi connectivity index (χ1n) is 6.71. The van der Waals surface area contributed by atoms with Gasteiger partial charge in [0.15, 0.2) is 5.58 Å². The monoisotopic (exact) mass is 245 g/mol. The Hall–Kier alpha value is -1.71. The lowest BCUT2D eigenvalue weighted by molar-refractivity contribution is 0.371. The molecule has 1 aliphatic carbocycles. The van der Waals surface area contributed by atoms with Gasteiger partial charge in [-0.2, -0.15) is 4.98 Å². The Morgan fingerprint density at radius 2 is 2.11 bits per heavy atom. The summed E-state index contributed by atoms with van der Waals surface area (Å²) in [7, 11) is 0. The van der Waals surface area contributed by atoms with Gasteiger partial charge < -0.3 is 15.5 Å². The first-order valence-corrected chi connectivity index (χ1v) is 6.71. The zero-order chi connectivity index (χ0) is 12.4. The molecule has 1 aliphatic rings. The second-order valence-electron chi connectivity index (χ2n) is 5.13. The Bertz CT molecular complexity index is 529. The smallest absolute Gasteiger partial charge is 0.295 e. The van der Waals surface area contributed by atoms with Crippen molar-refractivity contribution >= 4 is 22.8 Å². The van der Waals surface area contributed by atoms with Crippen molar-refractivity contribution in [3.63, 3.8) is 0 Å². The molecule has 1 aromatic heterocycles. The molecule has 1 heterocycles. The van der Waals surface area contributed by atoms with Crippen molar-refractivity contribution in [2.45, 2.75) is 32.1 Å². The SMILES string of the molecule is Nc1ccc2oc(NCC3CCCCC3)nc2c1. The van der Waals surface area contributed by atoms with E-state index < -0.39 is 0 Å². The van der Waals surface area contributed by atoms with Gasteiger partial charge in [0.2, 0.25) is 0 Å². The van der Waals surface area contributed by atoms with Crippen LogP contribution >= 0.6 is 0 Å². The van der Waals surface area contributed by atoms with Gasteiger partial charge in [0.05, 0.1) is 0 Å². The zero-order valence-electron chi connectivity index (χ0n) is 10.5. The standard InChI is InChI=1S/C14H19N3O/c15-11-6-7-13-12(8-11)17-14(18-13)16-9-10-4-2-1-3-5-10/h6-8,10H,1-5,9,15H2,(H,16,17). The number of oxazole rings is 1. The number of benzene rings is 1. The van der Waals surface area contributed by atoms with Crippen molar-refractivity contribution in [2.24, 2.45) is 5.92 Å². The summed E-state index contributed by atoms with van der Waals surface area (Å²) in [6.45, 7) is 0.961. The van der Waals surface area contributed by atoms with Crippen molar-refractivity contribution in [1.29, 1.82) is 0 Å². The number of nitrogens with zero attached hydrogens (tertiary/aromatic N) is 1. The summed E-state index contributed by atoms with van der Waals surface area (Å²) in [4.78, 5) is 4.40. The molecule has 0 aliphatic heterocycles. The Kier molecular flexibility index (Phi) is 3.09. The molecule has 0 saturated heterocycles. The maximum absolute atomic E-state index is 5.72. The predicted octanol–water partition coefficient (Wildman–Crippen LogP) is 3.40. The molecular weight excluding hydrogens is 226 g/mol. The molecule has 1 fully saturated rings. The number of hydrogen-bond acceptors (Lipinski definition) is 4. The molecule has 0 unspecified atom stereocenters. The van der Waals surface area contributed by atoms with Crippen LogP contribution in [0.2, 0.25) is 0 Å². The van der Waals surface area contributed by atoms with Gasteiger partial charge in [-0.05, 0) is 37.0 Å². The van der Waals surface area contributed by atoms with Crippen LogP contribution in [0.25, 0.3) is 11.1 Å². The summed E-state index contributed by atoms with van der Waals surface area (Å²) in [6, 6.07) is 6.15. The fourth-order valence-corrected chi connectivity index (χ4v) is 2.64. The van der Waals surface area contributed by atoms with Crippen LogP contribution in [0.4, 0.5) is 11.7 Å². The quantitative estimate of drug-likeness (QED) is 0.813. The minimum absolute atomic E-state index is 0.612. The van der Waals surface area contributed by atoms with Gasteiger partial charge in [0.1, 0.15) is 5.52 Å². The Morgan fingerprint density at radius 1 is 1.28 bits per heavy atom. The summed E-state index contributed by atoms with van der Waals surface area (Å²) >= 11 is 0. The highest BCUT2D eigenvalue weighted by atomic mass is 16.4. The van der Waals surface area contributed by atoms with Gasteiger partial charge >= 0.3 is 0 Å². The van der Waals surface area contributed by atoms with E-state index in [1.54, 1.807) is 0 Å². The molecule has 4 heteroatoms. The molecule has 0 bridgehead atoms. The molecule has 18 heavy (non-hydrogen) atoms. The molecule has 3 rings (SSSR count). The third-order valence-electron chi connectivity index (χ3n) is 3.68. The number of nitrogen functional groups attached to an aromatic ring is 1. The number of anilines is 2. The normalized spacial score (nSPS) is 17.1. The van der Waals surface area contributed by atoms with Crippen LogP contribution in [-0.4, -0.2) is 11.5 Å². The first kappa shape index (κ1) is 11.4. The van der Waals surface area contributed by atoms with E-state index in [0.29, 0.717) is 6.01 Å². The second kappa shape index (κ2) is 4.88. The summed E-state index contributed by atoms with van der Waals surface area (Å²) in [6.07, 6.45) is 6.74. The Labute approximate surface area is 107 Å². The van der Waals surface area contributed by atoms with Gasteiger partial charge in [0, 0.05) is 12.2 Å². The summed E-state index contributed by atoms with van der Waals surface area (Å²) in [5.41, 5.74) is 8.05. The molecule has 0 atom stereocenters. The number of rotatable bonds is 3. The van der Waals surface area contributed by atoms with Crippen molar-refractivity contribution in [1.82, 2.24) is 4.98 Å². The van der Waals surface area contributed by atoms with Gasteiger partial charge in [0.25, 0.3) is 6.01 Å². The average molecular weight is 245 g/mol. The predicted molar refractivity (Wildman–Crippen MR) is 73.5 cm³/mol. The molecule has 2 aromatic rings. The molecule has 4 nitrogen and oxygen atoms in total. The maximum Gasteiger partial charge on any atom is 0.295 e. The first-order chi connectivity index (χ1) is 8.81. The Morgan fingerprint density at radius 3 is 2.94 bits per heavy atom. The highest BCUT2D eigenvalue weighted by molar-refractivity contribution is 5.78. The highest BCUT2D eigenvalue weighted by Gasteiger charge is 2.14. The van der Waals surface area contributed by atoms with Crippen LogP contribution in [0.5, 0.6) is 0 Å². The zero-order valence-corrected chi connectivity index (χ0v) is 10.5. The van der Waals surface area contributed by atoms with Crippen LogP contribution in [0.3, 0.4) is 0 Å². The highest BCUT2D eigenvalue weighted by Crippen LogP contribution is 2.25. The van der Waals surface area contributed by atoms with Crippen LogP contribution in [-0.2, 0) is 0 Å². The molecule has 96 valence electrons. The van der Waals surface area contributed by atoms with Gasteiger partial charge in [-0.25, -0.2) is 0 Å². The minimum Gasteiger partial charge on any atom is -0.424 e. The largest absolute Gasteiger partial charge is 0.424 e. The molecule has 0 radical (unpaired) electrons. The van der Waals surface area contributed by atoms with Crippen LogP contribution in [0.1, 0.15) is 32.1 Å². The summed E-state index contributed by atoms with van der Waals surface area (Å²) < 4.78 is 5.64. The molecule has 0 spiro atoms. The number of aromatic nitrogens is 1. The lowest BCUT2D eigenvalue weighted by Gasteiger charge is -2.21. The number of nitrogens with one attached hydrogen (secondary N) is 1. The van der Waals surface area contributed by atoms with Crippen LogP contribution < -0.4 is 11.1 Å². The van der Waals surface area contributed by atoms with Gasteiger partial charge in [-0.15, -0.1) is 0 Å². The van der Waals surface area contributed by atoms with E-state index in [9.17, 15) is 0 Å². The van der Waals surface area contributed by atoms with E-state index in [2.05, 4.69) is 10.3 Å². The van der Waals surface area contributed by atoms with Gasteiger partial charge in [-0.3, -0.25) is 0 Å². The lowest BCUT2D eigenvalue weighted by Crippen LogP contribution is -2.17. The average Bonchev–Trinajstić information content (AvgIpc) is 2.79. The van der Waals surface area contributed by atoms with E-state index in [1.165, 1.54) is 32.1 Å². The number of nitrogens with two attached hydrogens (primary N) is 1. The molecule has 3 N–H and O–H groups in total. The van der Waals surface area contributed by atoms with Crippen molar-refractivity contribution in [3.05, 3.63) is 18.2 Å². The van der Waals surface area contributed by atoms with E-state index in [0.717, 1.165) is 29.2 Å². The molecular formula is C14H19N3O. The fraction of sp³-hybridized carbons (Fsp3) is 0.500. The van der Waals surface area contributed by atoms with Gasteiger partial charge in [-0.1, -0.05) is 19.3 Å². The molecule has 0 amide bonds. The third-order valence-corrected chi connectivity index (χ3v) is 3.68. The topological polar surface area (TPSA) is 64.1 Å². The van der Waals surface area contributed by atoms with E-state index >= 15 is 0 Å². The molecule has 1 saturated carbocycles. The third kappa shape index (κ3) is 2.42. The number of hydrogen-bond donors (Lipinski definition) is 2. The Balaban J connectivity index is 1.67. The second-order valence-corrected chi connectivity index (χ2v) is 5.13.